The maximum atomic E-state index is 13.9. The molecular formula is C24H25FN4O3. The number of aryl methyl sites for hydroxylation is 1. The van der Waals surface area contributed by atoms with Crippen molar-refractivity contribution in [3.63, 3.8) is 0 Å². The van der Waals surface area contributed by atoms with Gasteiger partial charge in [-0.15, -0.1) is 0 Å². The first-order chi connectivity index (χ1) is 15.3. The van der Waals surface area contributed by atoms with E-state index >= 15 is 0 Å². The standard InChI is InChI=1S/C24H25FN4O3/c1-4-16-13-20(30)28-22(26-16)15-8-7-9-17(12-15)27-24(32)21(14(2)3)29-23(31)18-10-5-6-11-19(18)25/h5-14,21H,4H2,1-3H3,(H,27,32)(H,29,31)(H,26,28,30). The normalized spacial score (nSPS) is 11.8. The van der Waals surface area contributed by atoms with Gasteiger partial charge in [0.15, 0.2) is 0 Å². The summed E-state index contributed by atoms with van der Waals surface area (Å²) in [5, 5.41) is 5.39. The van der Waals surface area contributed by atoms with E-state index in [1.807, 2.05) is 6.92 Å². The van der Waals surface area contributed by atoms with Crippen LogP contribution >= 0.6 is 0 Å². The number of aromatic nitrogens is 2. The van der Waals surface area contributed by atoms with Crippen molar-refractivity contribution >= 4 is 17.5 Å². The first-order valence-corrected chi connectivity index (χ1v) is 10.4. The van der Waals surface area contributed by atoms with Crippen LogP contribution in [0.25, 0.3) is 11.4 Å². The molecule has 0 radical (unpaired) electrons. The molecule has 1 unspecified atom stereocenters. The number of halogens is 1. The van der Waals surface area contributed by atoms with Crippen LogP contribution in [0.15, 0.2) is 59.4 Å². The zero-order valence-electron chi connectivity index (χ0n) is 18.1. The quantitative estimate of drug-likeness (QED) is 0.527. The highest BCUT2D eigenvalue weighted by atomic mass is 19.1. The first kappa shape index (κ1) is 22.9. The van der Waals surface area contributed by atoms with Crippen LogP contribution < -0.4 is 16.2 Å². The highest BCUT2D eigenvalue weighted by Crippen LogP contribution is 2.20. The summed E-state index contributed by atoms with van der Waals surface area (Å²) in [5.74, 6) is -1.60. The summed E-state index contributed by atoms with van der Waals surface area (Å²) in [6.07, 6.45) is 0.616. The van der Waals surface area contributed by atoms with Gasteiger partial charge in [0.2, 0.25) is 5.91 Å². The van der Waals surface area contributed by atoms with E-state index in [1.165, 1.54) is 24.3 Å². The topological polar surface area (TPSA) is 104 Å². The number of hydrogen-bond acceptors (Lipinski definition) is 4. The van der Waals surface area contributed by atoms with E-state index in [0.29, 0.717) is 29.2 Å². The molecule has 0 aliphatic heterocycles. The number of nitrogens with one attached hydrogen (secondary N) is 3. The van der Waals surface area contributed by atoms with Crippen molar-refractivity contribution in [3.8, 4) is 11.4 Å². The Balaban J connectivity index is 1.80. The van der Waals surface area contributed by atoms with Crippen molar-refractivity contribution in [1.29, 1.82) is 0 Å². The molecule has 0 aliphatic carbocycles. The predicted molar refractivity (Wildman–Crippen MR) is 121 cm³/mol. The number of rotatable bonds is 7. The molecule has 0 saturated carbocycles. The minimum absolute atomic E-state index is 0.126. The summed E-state index contributed by atoms with van der Waals surface area (Å²) >= 11 is 0. The van der Waals surface area contributed by atoms with Crippen LogP contribution in [0, 0.1) is 11.7 Å². The van der Waals surface area contributed by atoms with Crippen molar-refractivity contribution in [3.05, 3.63) is 82.0 Å². The molecule has 166 valence electrons. The lowest BCUT2D eigenvalue weighted by molar-refractivity contribution is -0.118. The molecule has 2 amide bonds. The van der Waals surface area contributed by atoms with Crippen LogP contribution in [-0.2, 0) is 11.2 Å². The zero-order valence-corrected chi connectivity index (χ0v) is 18.1. The molecule has 0 fully saturated rings. The average Bonchev–Trinajstić information content (AvgIpc) is 2.77. The molecule has 2 aromatic carbocycles. The third kappa shape index (κ3) is 5.46. The molecular weight excluding hydrogens is 411 g/mol. The van der Waals surface area contributed by atoms with Gasteiger partial charge in [-0.05, 0) is 36.6 Å². The molecule has 7 nitrogen and oxygen atoms in total. The van der Waals surface area contributed by atoms with Crippen molar-refractivity contribution in [1.82, 2.24) is 15.3 Å². The Hall–Kier alpha value is -3.81. The fourth-order valence-corrected chi connectivity index (χ4v) is 3.19. The van der Waals surface area contributed by atoms with E-state index in [1.54, 1.807) is 44.2 Å². The van der Waals surface area contributed by atoms with Gasteiger partial charge in [-0.3, -0.25) is 14.4 Å². The maximum absolute atomic E-state index is 13.9. The summed E-state index contributed by atoms with van der Waals surface area (Å²) in [6.45, 7) is 5.48. The number of carbonyl (C=O) groups excluding carboxylic acids is 2. The lowest BCUT2D eigenvalue weighted by atomic mass is 10.0. The number of aromatic amines is 1. The van der Waals surface area contributed by atoms with E-state index in [0.717, 1.165) is 0 Å². The number of H-pyrrole nitrogens is 1. The van der Waals surface area contributed by atoms with Crippen LogP contribution in [0.2, 0.25) is 0 Å². The van der Waals surface area contributed by atoms with Gasteiger partial charge >= 0.3 is 0 Å². The van der Waals surface area contributed by atoms with Gasteiger partial charge in [0, 0.05) is 23.0 Å². The Labute approximate surface area is 185 Å². The number of hydrogen-bond donors (Lipinski definition) is 3. The molecule has 0 saturated heterocycles. The van der Waals surface area contributed by atoms with Crippen LogP contribution in [0.5, 0.6) is 0 Å². The van der Waals surface area contributed by atoms with Crippen LogP contribution in [0.4, 0.5) is 10.1 Å². The van der Waals surface area contributed by atoms with Gasteiger partial charge in [-0.1, -0.05) is 45.0 Å². The average molecular weight is 436 g/mol. The molecule has 3 rings (SSSR count). The minimum Gasteiger partial charge on any atom is -0.340 e. The smallest absolute Gasteiger partial charge is 0.254 e. The van der Waals surface area contributed by atoms with Gasteiger partial charge in [0.1, 0.15) is 17.7 Å². The van der Waals surface area contributed by atoms with E-state index in [4.69, 9.17) is 0 Å². The molecule has 0 aliphatic rings. The van der Waals surface area contributed by atoms with E-state index < -0.39 is 23.7 Å². The molecule has 0 bridgehead atoms. The summed E-state index contributed by atoms with van der Waals surface area (Å²) < 4.78 is 13.9. The SMILES string of the molecule is CCc1cc(=O)[nH]c(-c2cccc(NC(=O)C(NC(=O)c3ccccc3F)C(C)C)c2)n1. The molecule has 32 heavy (non-hydrogen) atoms. The molecule has 1 aromatic heterocycles. The molecule has 3 N–H and O–H groups in total. The highest BCUT2D eigenvalue weighted by Gasteiger charge is 2.26. The second-order valence-electron chi connectivity index (χ2n) is 7.68. The molecule has 3 aromatic rings. The van der Waals surface area contributed by atoms with E-state index in [2.05, 4.69) is 20.6 Å². The van der Waals surface area contributed by atoms with Gasteiger partial charge in [-0.25, -0.2) is 9.37 Å². The summed E-state index contributed by atoms with van der Waals surface area (Å²) in [7, 11) is 0. The number of carbonyl (C=O) groups is 2. The van der Waals surface area contributed by atoms with E-state index in [9.17, 15) is 18.8 Å². The number of nitrogens with zero attached hydrogens (tertiary/aromatic N) is 1. The Morgan fingerprint density at radius 1 is 1.09 bits per heavy atom. The van der Waals surface area contributed by atoms with Gasteiger partial charge < -0.3 is 15.6 Å². The van der Waals surface area contributed by atoms with Crippen LogP contribution in [-0.4, -0.2) is 27.8 Å². The number of anilines is 1. The van der Waals surface area contributed by atoms with Crippen molar-refractivity contribution in [2.45, 2.75) is 33.2 Å². The predicted octanol–water partition coefficient (Wildman–Crippen LogP) is 3.53. The molecule has 8 heteroatoms. The Morgan fingerprint density at radius 2 is 1.84 bits per heavy atom. The summed E-state index contributed by atoms with van der Waals surface area (Å²) in [5.41, 5.74) is 1.39. The summed E-state index contributed by atoms with van der Waals surface area (Å²) in [4.78, 5) is 44.4. The third-order valence-corrected chi connectivity index (χ3v) is 4.91. The van der Waals surface area contributed by atoms with Gasteiger partial charge in [-0.2, -0.15) is 0 Å². The summed E-state index contributed by atoms with van der Waals surface area (Å²) in [6, 6.07) is 13.0. The highest BCUT2D eigenvalue weighted by molar-refractivity contribution is 6.01. The van der Waals surface area contributed by atoms with Crippen molar-refractivity contribution in [2.24, 2.45) is 5.92 Å². The Morgan fingerprint density at radius 3 is 2.53 bits per heavy atom. The molecule has 0 spiro atoms. The minimum atomic E-state index is -0.882. The zero-order chi connectivity index (χ0) is 23.3. The van der Waals surface area contributed by atoms with Crippen molar-refractivity contribution < 1.29 is 14.0 Å². The second kappa shape index (κ2) is 10.00. The van der Waals surface area contributed by atoms with Crippen LogP contribution in [0.1, 0.15) is 36.8 Å². The van der Waals surface area contributed by atoms with E-state index in [-0.39, 0.29) is 17.0 Å². The number of benzene rings is 2. The fourth-order valence-electron chi connectivity index (χ4n) is 3.19. The Kier molecular flexibility index (Phi) is 7.14. The fraction of sp³-hybridized carbons (Fsp3) is 0.250. The maximum Gasteiger partial charge on any atom is 0.254 e. The van der Waals surface area contributed by atoms with Gasteiger partial charge in [0.25, 0.3) is 11.5 Å². The third-order valence-electron chi connectivity index (χ3n) is 4.91. The largest absolute Gasteiger partial charge is 0.340 e. The van der Waals surface area contributed by atoms with Crippen molar-refractivity contribution in [2.75, 3.05) is 5.32 Å². The molecule has 1 heterocycles. The lowest BCUT2D eigenvalue weighted by Crippen LogP contribution is -2.47. The molecule has 1 atom stereocenters. The lowest BCUT2D eigenvalue weighted by Gasteiger charge is -2.22. The first-order valence-electron chi connectivity index (χ1n) is 10.4. The van der Waals surface area contributed by atoms with Gasteiger partial charge in [0.05, 0.1) is 5.56 Å². The van der Waals surface area contributed by atoms with Crippen LogP contribution in [0.3, 0.4) is 0 Å². The second-order valence-corrected chi connectivity index (χ2v) is 7.68. The monoisotopic (exact) mass is 436 g/mol. The Bertz CT molecular complexity index is 1190. The number of amides is 2.